The van der Waals surface area contributed by atoms with Crippen LogP contribution in [0.1, 0.15) is 11.1 Å². The first kappa shape index (κ1) is 21.6. The molecule has 0 heterocycles. The SMILES string of the molecule is O=P(O)(O)C(Cc1ccccc1)(Cc1ccccc1)OS(=O)(=O)C(F)(F)F. The summed E-state index contributed by atoms with van der Waals surface area (Å²) in [4.78, 5) is 19.7. The lowest BCUT2D eigenvalue weighted by molar-refractivity contribution is -0.0606. The van der Waals surface area contributed by atoms with Gasteiger partial charge < -0.3 is 9.79 Å². The van der Waals surface area contributed by atoms with E-state index in [-0.39, 0.29) is 11.1 Å². The third kappa shape index (κ3) is 5.18. The molecule has 27 heavy (non-hydrogen) atoms. The van der Waals surface area contributed by atoms with E-state index in [1.54, 1.807) is 12.1 Å². The van der Waals surface area contributed by atoms with Crippen LogP contribution in [0.15, 0.2) is 60.7 Å². The summed E-state index contributed by atoms with van der Waals surface area (Å²) in [6, 6.07) is 14.8. The predicted molar refractivity (Wildman–Crippen MR) is 91.1 cm³/mol. The number of alkyl halides is 3. The Morgan fingerprint density at radius 2 is 1.22 bits per heavy atom. The molecule has 0 saturated heterocycles. The van der Waals surface area contributed by atoms with E-state index in [1.807, 2.05) is 0 Å². The van der Waals surface area contributed by atoms with Crippen molar-refractivity contribution in [3.05, 3.63) is 71.8 Å². The summed E-state index contributed by atoms with van der Waals surface area (Å²) in [7, 11) is -11.8. The van der Waals surface area contributed by atoms with Gasteiger partial charge >= 0.3 is 23.2 Å². The van der Waals surface area contributed by atoms with Gasteiger partial charge in [0.2, 0.25) is 0 Å². The lowest BCUT2D eigenvalue weighted by Crippen LogP contribution is -2.43. The molecule has 2 rings (SSSR count). The van der Waals surface area contributed by atoms with E-state index < -0.39 is 41.4 Å². The molecule has 0 radical (unpaired) electrons. The zero-order valence-electron chi connectivity index (χ0n) is 13.7. The van der Waals surface area contributed by atoms with Gasteiger partial charge in [0.15, 0.2) is 5.34 Å². The molecule has 0 aromatic heterocycles. The van der Waals surface area contributed by atoms with Crippen LogP contribution in [-0.2, 0) is 31.7 Å². The van der Waals surface area contributed by atoms with Crippen molar-refractivity contribution in [1.29, 1.82) is 0 Å². The first-order valence-electron chi connectivity index (χ1n) is 7.52. The molecular formula is C16H16F3O6PS. The summed E-state index contributed by atoms with van der Waals surface area (Å²) < 4.78 is 78.3. The average molecular weight is 424 g/mol. The predicted octanol–water partition coefficient (Wildman–Crippen LogP) is 3.21. The molecule has 148 valence electrons. The van der Waals surface area contributed by atoms with Crippen molar-refractivity contribution >= 4 is 17.7 Å². The van der Waals surface area contributed by atoms with Crippen LogP contribution < -0.4 is 0 Å². The maximum Gasteiger partial charge on any atom is 0.523 e. The summed E-state index contributed by atoms with van der Waals surface area (Å²) in [6.45, 7) is 0. The Morgan fingerprint density at radius 1 is 0.852 bits per heavy atom. The molecule has 6 nitrogen and oxygen atoms in total. The van der Waals surface area contributed by atoms with Gasteiger partial charge in [-0.1, -0.05) is 60.7 Å². The Labute approximate surface area is 153 Å². The Balaban J connectivity index is 2.60. The van der Waals surface area contributed by atoms with E-state index in [0.29, 0.717) is 0 Å². The van der Waals surface area contributed by atoms with E-state index in [9.17, 15) is 35.9 Å². The van der Waals surface area contributed by atoms with Crippen molar-refractivity contribution in [2.45, 2.75) is 23.7 Å². The summed E-state index contributed by atoms with van der Waals surface area (Å²) >= 11 is 0. The maximum absolute atomic E-state index is 12.9. The minimum atomic E-state index is -6.27. The molecule has 0 spiro atoms. The van der Waals surface area contributed by atoms with E-state index >= 15 is 0 Å². The topological polar surface area (TPSA) is 101 Å². The van der Waals surface area contributed by atoms with Crippen LogP contribution in [0, 0.1) is 0 Å². The van der Waals surface area contributed by atoms with Crippen molar-refractivity contribution in [2.24, 2.45) is 0 Å². The van der Waals surface area contributed by atoms with Crippen molar-refractivity contribution < 1.29 is 40.1 Å². The van der Waals surface area contributed by atoms with Gasteiger partial charge in [-0.25, -0.2) is 4.18 Å². The van der Waals surface area contributed by atoms with Crippen LogP contribution in [0.4, 0.5) is 13.2 Å². The van der Waals surface area contributed by atoms with Gasteiger partial charge in [0.1, 0.15) is 0 Å². The third-order valence-electron chi connectivity index (χ3n) is 3.73. The van der Waals surface area contributed by atoms with Gasteiger partial charge in [0.05, 0.1) is 0 Å². The molecule has 0 saturated carbocycles. The van der Waals surface area contributed by atoms with Crippen molar-refractivity contribution in [3.63, 3.8) is 0 Å². The Hall–Kier alpha value is -1.71. The summed E-state index contributed by atoms with van der Waals surface area (Å²) in [6.07, 6.45) is -1.50. The molecule has 11 heteroatoms. The second-order valence-electron chi connectivity index (χ2n) is 5.80. The Bertz CT molecular complexity index is 869. The summed E-state index contributed by atoms with van der Waals surface area (Å²) in [5, 5.41) is -2.95. The monoisotopic (exact) mass is 424 g/mol. The largest absolute Gasteiger partial charge is 0.523 e. The lowest BCUT2D eigenvalue weighted by atomic mass is 10.0. The van der Waals surface area contributed by atoms with Crippen LogP contribution in [-0.4, -0.2) is 29.1 Å². The molecule has 0 aliphatic heterocycles. The van der Waals surface area contributed by atoms with Crippen molar-refractivity contribution in [1.82, 2.24) is 0 Å². The number of benzene rings is 2. The van der Waals surface area contributed by atoms with Crippen LogP contribution in [0.25, 0.3) is 0 Å². The average Bonchev–Trinajstić information content (AvgIpc) is 2.54. The van der Waals surface area contributed by atoms with Gasteiger partial charge in [-0.3, -0.25) is 4.57 Å². The van der Waals surface area contributed by atoms with Gasteiger partial charge in [-0.2, -0.15) is 21.6 Å². The first-order valence-corrected chi connectivity index (χ1v) is 10.5. The maximum atomic E-state index is 12.9. The standard InChI is InChI=1S/C16H16F3O6PS/c17-16(18,19)27(23,24)25-15(26(20,21)22,11-13-7-3-1-4-8-13)12-14-9-5-2-6-10-14/h1-10H,11-12H2,(H2,20,21,22). The van der Waals surface area contributed by atoms with Crippen LogP contribution in [0.2, 0.25) is 0 Å². The van der Waals surface area contributed by atoms with Crippen molar-refractivity contribution in [2.75, 3.05) is 0 Å². The van der Waals surface area contributed by atoms with E-state index in [1.165, 1.54) is 48.5 Å². The fourth-order valence-corrected chi connectivity index (χ4v) is 4.54. The molecule has 0 aliphatic rings. The highest BCUT2D eigenvalue weighted by Crippen LogP contribution is 2.56. The minimum absolute atomic E-state index is 0.203. The zero-order chi connectivity index (χ0) is 20.3. The zero-order valence-corrected chi connectivity index (χ0v) is 15.4. The molecule has 0 unspecified atom stereocenters. The van der Waals surface area contributed by atoms with Gasteiger partial charge in [-0.15, -0.1) is 0 Å². The molecule has 0 fully saturated rings. The molecule has 2 aromatic carbocycles. The van der Waals surface area contributed by atoms with E-state index in [0.717, 1.165) is 0 Å². The van der Waals surface area contributed by atoms with Gasteiger partial charge in [-0.05, 0) is 11.1 Å². The molecule has 0 atom stereocenters. The van der Waals surface area contributed by atoms with E-state index in [4.69, 9.17) is 0 Å². The first-order chi connectivity index (χ1) is 12.4. The molecule has 0 bridgehead atoms. The minimum Gasteiger partial charge on any atom is -0.322 e. The highest BCUT2D eigenvalue weighted by Gasteiger charge is 2.58. The quantitative estimate of drug-likeness (QED) is 0.402. The fraction of sp³-hybridized carbons (Fsp3) is 0.250. The Morgan fingerprint density at radius 3 is 1.52 bits per heavy atom. The number of halogens is 3. The number of hydrogen-bond donors (Lipinski definition) is 2. The lowest BCUT2D eigenvalue weighted by Gasteiger charge is -2.34. The molecule has 0 aliphatic carbocycles. The second-order valence-corrected chi connectivity index (χ2v) is 9.24. The number of rotatable bonds is 7. The van der Waals surface area contributed by atoms with Crippen LogP contribution in [0.3, 0.4) is 0 Å². The molecule has 2 aromatic rings. The highest BCUT2D eigenvalue weighted by atomic mass is 32.2. The fourth-order valence-electron chi connectivity index (χ4n) is 2.46. The van der Waals surface area contributed by atoms with Crippen LogP contribution >= 0.6 is 7.60 Å². The van der Waals surface area contributed by atoms with Gasteiger partial charge in [0, 0.05) is 12.8 Å². The van der Waals surface area contributed by atoms with E-state index in [2.05, 4.69) is 4.18 Å². The second kappa shape index (κ2) is 7.73. The summed E-state index contributed by atoms with van der Waals surface area (Å²) in [5.41, 5.74) is -5.43. The molecule has 0 amide bonds. The van der Waals surface area contributed by atoms with Crippen LogP contribution in [0.5, 0.6) is 0 Å². The smallest absolute Gasteiger partial charge is 0.322 e. The normalized spacial score (nSPS) is 13.5. The van der Waals surface area contributed by atoms with Crippen molar-refractivity contribution in [3.8, 4) is 0 Å². The third-order valence-corrected chi connectivity index (χ3v) is 6.42. The van der Waals surface area contributed by atoms with Gasteiger partial charge in [0.25, 0.3) is 0 Å². The molecular weight excluding hydrogens is 408 g/mol. The number of hydrogen-bond acceptors (Lipinski definition) is 4. The highest BCUT2D eigenvalue weighted by molar-refractivity contribution is 7.87. The summed E-state index contributed by atoms with van der Waals surface area (Å²) in [5.74, 6) is 0. The Kier molecular flexibility index (Phi) is 6.18. The molecule has 2 N–H and O–H groups in total.